The van der Waals surface area contributed by atoms with Gasteiger partial charge in [-0.15, -0.1) is 5.10 Å². The zero-order valence-corrected chi connectivity index (χ0v) is 16.1. The quantitative estimate of drug-likeness (QED) is 0.616. The molecule has 2 aromatic carbocycles. The molecule has 0 aliphatic heterocycles. The smallest absolute Gasteiger partial charge is 0.328 e. The number of para-hydroxylation sites is 1. The summed E-state index contributed by atoms with van der Waals surface area (Å²) in [6, 6.07) is 16.0. The van der Waals surface area contributed by atoms with E-state index in [1.54, 1.807) is 23.0 Å². The number of hydrogen-bond acceptors (Lipinski definition) is 5. The molecule has 0 spiro atoms. The van der Waals surface area contributed by atoms with E-state index in [-0.39, 0.29) is 5.69 Å². The van der Waals surface area contributed by atoms with E-state index in [2.05, 4.69) is 10.3 Å². The third kappa shape index (κ3) is 3.93. The van der Waals surface area contributed by atoms with Gasteiger partial charge in [0, 0.05) is 5.69 Å². The van der Waals surface area contributed by atoms with Crippen molar-refractivity contribution in [2.75, 3.05) is 12.0 Å². The van der Waals surface area contributed by atoms with Crippen LogP contribution in [0.15, 0.2) is 60.8 Å². The highest BCUT2D eigenvalue weighted by Crippen LogP contribution is 2.22. The van der Waals surface area contributed by atoms with Gasteiger partial charge < -0.3 is 4.74 Å². The number of carbonyl (C=O) groups is 2. The molecule has 1 heterocycles. The van der Waals surface area contributed by atoms with E-state index < -0.39 is 17.9 Å². The Morgan fingerprint density at radius 2 is 1.89 bits per heavy atom. The lowest BCUT2D eigenvalue weighted by Gasteiger charge is -2.28. The van der Waals surface area contributed by atoms with Crippen molar-refractivity contribution < 1.29 is 14.3 Å². The first-order valence-corrected chi connectivity index (χ1v) is 9.01. The molecule has 0 fully saturated rings. The average molecular weight is 378 g/mol. The third-order valence-corrected chi connectivity index (χ3v) is 4.40. The second-order valence-corrected chi connectivity index (χ2v) is 6.35. The van der Waals surface area contributed by atoms with E-state index in [4.69, 9.17) is 4.74 Å². The van der Waals surface area contributed by atoms with Crippen LogP contribution in [-0.4, -0.2) is 40.0 Å². The lowest BCUT2D eigenvalue weighted by molar-refractivity contribution is -0.142. The molecule has 144 valence electrons. The summed E-state index contributed by atoms with van der Waals surface area (Å²) in [5, 5.41) is 8.12. The van der Waals surface area contributed by atoms with Gasteiger partial charge in [0.25, 0.3) is 5.91 Å². The zero-order valence-electron chi connectivity index (χ0n) is 16.1. The number of amides is 1. The SMILES string of the molecule is CC[C@H](C(=O)OC)N(C(=O)c1cn(-c2cccc(C)c2)nn1)c1ccccc1. The molecule has 3 aromatic rings. The number of nitrogens with zero attached hydrogens (tertiary/aromatic N) is 4. The molecule has 0 saturated carbocycles. The average Bonchev–Trinajstić information content (AvgIpc) is 3.22. The maximum Gasteiger partial charge on any atom is 0.328 e. The van der Waals surface area contributed by atoms with E-state index in [0.29, 0.717) is 12.1 Å². The molecule has 3 rings (SSSR count). The first-order chi connectivity index (χ1) is 13.5. The highest BCUT2D eigenvalue weighted by Gasteiger charge is 2.32. The molecule has 0 aliphatic carbocycles. The molecule has 0 saturated heterocycles. The summed E-state index contributed by atoms with van der Waals surface area (Å²) in [4.78, 5) is 27.0. The fourth-order valence-corrected chi connectivity index (χ4v) is 3.00. The van der Waals surface area contributed by atoms with Gasteiger partial charge in [0.1, 0.15) is 6.04 Å². The van der Waals surface area contributed by atoms with Crippen LogP contribution in [-0.2, 0) is 9.53 Å². The van der Waals surface area contributed by atoms with Crippen LogP contribution in [0.5, 0.6) is 0 Å². The minimum absolute atomic E-state index is 0.146. The Balaban J connectivity index is 1.99. The number of esters is 1. The maximum atomic E-state index is 13.3. The summed E-state index contributed by atoms with van der Waals surface area (Å²) in [6.45, 7) is 3.81. The zero-order chi connectivity index (χ0) is 20.1. The number of aryl methyl sites for hydroxylation is 1. The molecule has 0 N–H and O–H groups in total. The fourth-order valence-electron chi connectivity index (χ4n) is 3.00. The topological polar surface area (TPSA) is 77.3 Å². The van der Waals surface area contributed by atoms with E-state index in [1.807, 2.05) is 56.3 Å². The summed E-state index contributed by atoms with van der Waals surface area (Å²) < 4.78 is 6.45. The van der Waals surface area contributed by atoms with E-state index in [9.17, 15) is 9.59 Å². The molecule has 1 atom stereocenters. The first kappa shape index (κ1) is 19.3. The van der Waals surface area contributed by atoms with Crippen LogP contribution in [0.3, 0.4) is 0 Å². The third-order valence-electron chi connectivity index (χ3n) is 4.40. The number of methoxy groups -OCH3 is 1. The molecule has 28 heavy (non-hydrogen) atoms. The van der Waals surface area contributed by atoms with Crippen LogP contribution in [0.4, 0.5) is 5.69 Å². The second kappa shape index (κ2) is 8.47. The monoisotopic (exact) mass is 378 g/mol. The number of ether oxygens (including phenoxy) is 1. The van der Waals surface area contributed by atoms with Gasteiger partial charge >= 0.3 is 5.97 Å². The predicted octanol–water partition coefficient (Wildman–Crippen LogP) is 3.17. The molecule has 0 unspecified atom stereocenters. The Morgan fingerprint density at radius 1 is 1.14 bits per heavy atom. The minimum atomic E-state index is -0.760. The molecule has 7 nitrogen and oxygen atoms in total. The number of rotatable bonds is 6. The number of anilines is 1. The molecular weight excluding hydrogens is 356 g/mol. The van der Waals surface area contributed by atoms with Crippen molar-refractivity contribution >= 4 is 17.6 Å². The van der Waals surface area contributed by atoms with Crippen molar-refractivity contribution in [3.63, 3.8) is 0 Å². The lowest BCUT2D eigenvalue weighted by Crippen LogP contribution is -2.45. The van der Waals surface area contributed by atoms with Gasteiger partial charge in [0.05, 0.1) is 19.0 Å². The maximum absolute atomic E-state index is 13.3. The summed E-state index contributed by atoms with van der Waals surface area (Å²) in [6.07, 6.45) is 1.97. The lowest BCUT2D eigenvalue weighted by atomic mass is 10.1. The van der Waals surface area contributed by atoms with Crippen LogP contribution in [0.1, 0.15) is 29.4 Å². The van der Waals surface area contributed by atoms with Gasteiger partial charge in [-0.3, -0.25) is 9.69 Å². The van der Waals surface area contributed by atoms with Crippen LogP contribution >= 0.6 is 0 Å². The fraction of sp³-hybridized carbons (Fsp3) is 0.238. The van der Waals surface area contributed by atoms with E-state index in [0.717, 1.165) is 11.3 Å². The largest absolute Gasteiger partial charge is 0.467 e. The van der Waals surface area contributed by atoms with Gasteiger partial charge in [-0.2, -0.15) is 0 Å². The van der Waals surface area contributed by atoms with Gasteiger partial charge in [-0.1, -0.05) is 42.5 Å². The van der Waals surface area contributed by atoms with Crippen LogP contribution in [0.2, 0.25) is 0 Å². The normalized spacial score (nSPS) is 11.7. The highest BCUT2D eigenvalue weighted by molar-refractivity contribution is 6.08. The Kier molecular flexibility index (Phi) is 5.84. The predicted molar refractivity (Wildman–Crippen MR) is 105 cm³/mol. The van der Waals surface area contributed by atoms with Crippen LogP contribution in [0, 0.1) is 6.92 Å². The molecule has 0 bridgehead atoms. The molecule has 7 heteroatoms. The Labute approximate surface area is 163 Å². The van der Waals surface area contributed by atoms with E-state index in [1.165, 1.54) is 12.0 Å². The Morgan fingerprint density at radius 3 is 2.54 bits per heavy atom. The Bertz CT molecular complexity index is 969. The standard InChI is InChI=1S/C21H22N4O3/c1-4-19(21(27)28-3)25(16-10-6-5-7-11-16)20(26)18-14-24(23-22-18)17-12-8-9-15(2)13-17/h5-14,19H,4H2,1-3H3/t19-/m1/s1. The van der Waals surface area contributed by atoms with Crippen molar-refractivity contribution in [1.29, 1.82) is 0 Å². The van der Waals surface area contributed by atoms with Gasteiger partial charge in [0.2, 0.25) is 0 Å². The number of aromatic nitrogens is 3. The minimum Gasteiger partial charge on any atom is -0.467 e. The summed E-state index contributed by atoms with van der Waals surface area (Å²) in [7, 11) is 1.31. The molecule has 0 radical (unpaired) electrons. The number of hydrogen-bond donors (Lipinski definition) is 0. The second-order valence-electron chi connectivity index (χ2n) is 6.35. The van der Waals surface area contributed by atoms with Gasteiger partial charge in [-0.05, 0) is 43.2 Å². The number of benzene rings is 2. The van der Waals surface area contributed by atoms with Crippen LogP contribution in [0.25, 0.3) is 5.69 Å². The highest BCUT2D eigenvalue weighted by atomic mass is 16.5. The summed E-state index contributed by atoms with van der Waals surface area (Å²) in [5.74, 6) is -0.895. The van der Waals surface area contributed by atoms with Crippen molar-refractivity contribution in [1.82, 2.24) is 15.0 Å². The van der Waals surface area contributed by atoms with Gasteiger partial charge in [0.15, 0.2) is 5.69 Å². The van der Waals surface area contributed by atoms with Crippen molar-refractivity contribution in [2.24, 2.45) is 0 Å². The first-order valence-electron chi connectivity index (χ1n) is 9.01. The van der Waals surface area contributed by atoms with Gasteiger partial charge in [-0.25, -0.2) is 9.48 Å². The Hall–Kier alpha value is -3.48. The molecule has 1 amide bonds. The molecule has 0 aliphatic rings. The van der Waals surface area contributed by atoms with Crippen molar-refractivity contribution in [2.45, 2.75) is 26.3 Å². The van der Waals surface area contributed by atoms with Crippen molar-refractivity contribution in [3.05, 3.63) is 72.1 Å². The summed E-state index contributed by atoms with van der Waals surface area (Å²) in [5.41, 5.74) is 2.61. The molecule has 1 aromatic heterocycles. The molecular formula is C21H22N4O3. The van der Waals surface area contributed by atoms with E-state index >= 15 is 0 Å². The number of carbonyl (C=O) groups excluding carboxylic acids is 2. The van der Waals surface area contributed by atoms with Crippen molar-refractivity contribution in [3.8, 4) is 5.69 Å². The summed E-state index contributed by atoms with van der Waals surface area (Å²) >= 11 is 0. The van der Waals surface area contributed by atoms with Crippen LogP contribution < -0.4 is 4.90 Å².